The molecule has 2 saturated heterocycles. The van der Waals surface area contributed by atoms with E-state index < -0.39 is 5.79 Å². The number of fused-ring (bicyclic) bond motifs is 2. The molecule has 3 aromatic rings. The minimum Gasteiger partial charge on any atom is -0.472 e. The second kappa shape index (κ2) is 6.55. The molecule has 0 unspecified atom stereocenters. The molecule has 0 saturated carbocycles. The monoisotopic (exact) mass is 381 g/mol. The summed E-state index contributed by atoms with van der Waals surface area (Å²) < 4.78 is 26.2. The van der Waals surface area contributed by atoms with Crippen LogP contribution < -0.4 is 4.74 Å². The summed E-state index contributed by atoms with van der Waals surface area (Å²) in [5, 5.41) is 0.844. The van der Waals surface area contributed by atoms with Crippen molar-refractivity contribution in [3.8, 4) is 5.88 Å². The summed E-state index contributed by atoms with van der Waals surface area (Å²) in [7, 11) is 0. The van der Waals surface area contributed by atoms with Gasteiger partial charge >= 0.3 is 0 Å². The Kier molecular flexibility index (Phi) is 4.12. The van der Waals surface area contributed by atoms with Crippen molar-refractivity contribution in [3.05, 3.63) is 54.5 Å². The molecule has 28 heavy (non-hydrogen) atoms. The van der Waals surface area contributed by atoms with Crippen LogP contribution in [0, 0.1) is 0 Å². The lowest BCUT2D eigenvalue weighted by Gasteiger charge is -2.24. The molecule has 0 bridgehead atoms. The molecular weight excluding hydrogens is 358 g/mol. The van der Waals surface area contributed by atoms with E-state index in [0.29, 0.717) is 12.5 Å². The predicted octanol–water partition coefficient (Wildman–Crippen LogP) is 3.45. The van der Waals surface area contributed by atoms with Gasteiger partial charge in [0, 0.05) is 6.20 Å². The molecule has 7 heteroatoms. The van der Waals surface area contributed by atoms with Crippen molar-refractivity contribution in [2.45, 2.75) is 57.7 Å². The smallest absolute Gasteiger partial charge is 0.226 e. The van der Waals surface area contributed by atoms with Crippen LogP contribution in [0.3, 0.4) is 0 Å². The van der Waals surface area contributed by atoms with Gasteiger partial charge in [0.15, 0.2) is 12.0 Å². The molecule has 2 aliphatic rings. The fourth-order valence-electron chi connectivity index (χ4n) is 3.99. The predicted molar refractivity (Wildman–Crippen MR) is 102 cm³/mol. The molecule has 0 aliphatic carbocycles. The molecule has 4 atom stereocenters. The fraction of sp³-hybridized carbons (Fsp3) is 0.429. The zero-order valence-electron chi connectivity index (χ0n) is 16.1. The Morgan fingerprint density at radius 3 is 2.68 bits per heavy atom. The van der Waals surface area contributed by atoms with Gasteiger partial charge in [-0.15, -0.1) is 0 Å². The molecule has 0 spiro atoms. The van der Waals surface area contributed by atoms with Gasteiger partial charge < -0.3 is 23.5 Å². The molecule has 5 rings (SSSR count). The number of aromatic nitrogens is 3. The molecule has 0 N–H and O–H groups in total. The molecule has 146 valence electrons. The lowest BCUT2D eigenvalue weighted by Crippen LogP contribution is -2.27. The van der Waals surface area contributed by atoms with Crippen LogP contribution in [0.1, 0.15) is 32.6 Å². The number of nitrogens with zero attached hydrogens (tertiary/aromatic N) is 3. The first-order chi connectivity index (χ1) is 13.5. The van der Waals surface area contributed by atoms with Crippen LogP contribution in [0.15, 0.2) is 48.9 Å². The summed E-state index contributed by atoms with van der Waals surface area (Å²) in [4.78, 5) is 8.80. The largest absolute Gasteiger partial charge is 0.472 e. The summed E-state index contributed by atoms with van der Waals surface area (Å²) in [5.41, 5.74) is 1.84. The lowest BCUT2D eigenvalue weighted by molar-refractivity contribution is -0.194. The van der Waals surface area contributed by atoms with E-state index >= 15 is 0 Å². The topological polar surface area (TPSA) is 67.6 Å². The molecule has 0 radical (unpaired) electrons. The number of hydrogen-bond donors (Lipinski definition) is 0. The van der Waals surface area contributed by atoms with Gasteiger partial charge in [-0.25, -0.2) is 9.97 Å². The Labute approximate surface area is 163 Å². The molecule has 2 aliphatic heterocycles. The van der Waals surface area contributed by atoms with E-state index in [1.165, 1.54) is 6.33 Å². The number of ether oxygens (including phenoxy) is 4. The highest BCUT2D eigenvalue weighted by Crippen LogP contribution is 2.44. The molecule has 2 aromatic heterocycles. The van der Waals surface area contributed by atoms with Crippen molar-refractivity contribution >= 4 is 11.0 Å². The standard InChI is InChI=1S/C21H23N3O4/c1-13-16-17(28-21(2,3)27-16)20(26-13)24-10-9-15-18(24)22-12-23-19(15)25-11-14-7-5-4-6-8-14/h4-10,12-13,16-17,20H,11H2,1-3H3/t13-,16-,17-,20-/m1/s1. The van der Waals surface area contributed by atoms with Gasteiger partial charge in [0.25, 0.3) is 0 Å². The van der Waals surface area contributed by atoms with E-state index in [2.05, 4.69) is 9.97 Å². The van der Waals surface area contributed by atoms with Crippen molar-refractivity contribution in [2.75, 3.05) is 0 Å². The zero-order valence-corrected chi connectivity index (χ0v) is 16.1. The third kappa shape index (κ3) is 2.96. The fourth-order valence-corrected chi connectivity index (χ4v) is 3.99. The van der Waals surface area contributed by atoms with E-state index in [1.807, 2.05) is 67.9 Å². The molecular formula is C21H23N3O4. The normalized spacial score (nSPS) is 28.5. The summed E-state index contributed by atoms with van der Waals surface area (Å²) in [6.45, 7) is 6.32. The van der Waals surface area contributed by atoms with Gasteiger partial charge in [-0.2, -0.15) is 0 Å². The first-order valence-corrected chi connectivity index (χ1v) is 9.51. The SMILES string of the molecule is C[C@H]1O[C@@H](n2ccc3c(OCc4ccccc4)ncnc32)[C@@H]2OC(C)(C)O[C@@H]21. The van der Waals surface area contributed by atoms with Gasteiger partial charge in [-0.05, 0) is 32.4 Å². The van der Waals surface area contributed by atoms with E-state index in [4.69, 9.17) is 18.9 Å². The number of benzene rings is 1. The number of rotatable bonds is 4. The Morgan fingerprint density at radius 1 is 1.07 bits per heavy atom. The van der Waals surface area contributed by atoms with Gasteiger partial charge in [0.1, 0.15) is 30.8 Å². The third-order valence-corrected chi connectivity index (χ3v) is 5.23. The maximum absolute atomic E-state index is 6.16. The van der Waals surface area contributed by atoms with E-state index in [0.717, 1.165) is 16.6 Å². The van der Waals surface area contributed by atoms with Crippen LogP contribution >= 0.6 is 0 Å². The van der Waals surface area contributed by atoms with Crippen LogP contribution in [-0.2, 0) is 20.8 Å². The van der Waals surface area contributed by atoms with Crippen LogP contribution in [0.5, 0.6) is 5.88 Å². The van der Waals surface area contributed by atoms with Gasteiger partial charge in [0.2, 0.25) is 5.88 Å². The molecule has 7 nitrogen and oxygen atoms in total. The van der Waals surface area contributed by atoms with Crippen LogP contribution in [0.4, 0.5) is 0 Å². The number of hydrogen-bond acceptors (Lipinski definition) is 6. The van der Waals surface area contributed by atoms with Crippen molar-refractivity contribution in [1.29, 1.82) is 0 Å². The van der Waals surface area contributed by atoms with Crippen LogP contribution in [0.25, 0.3) is 11.0 Å². The maximum Gasteiger partial charge on any atom is 0.226 e. The van der Waals surface area contributed by atoms with Crippen LogP contribution in [0.2, 0.25) is 0 Å². The van der Waals surface area contributed by atoms with E-state index in [-0.39, 0.29) is 24.5 Å². The quantitative estimate of drug-likeness (QED) is 0.690. The zero-order chi connectivity index (χ0) is 19.3. The molecule has 4 heterocycles. The van der Waals surface area contributed by atoms with Crippen LogP contribution in [-0.4, -0.2) is 38.6 Å². The third-order valence-electron chi connectivity index (χ3n) is 5.23. The Hall–Kier alpha value is -2.48. The average Bonchev–Trinajstić information content (AvgIpc) is 3.33. The minimum atomic E-state index is -0.618. The lowest BCUT2D eigenvalue weighted by atomic mass is 10.1. The summed E-state index contributed by atoms with van der Waals surface area (Å²) in [6.07, 6.45) is 2.80. The van der Waals surface area contributed by atoms with Crippen molar-refractivity contribution in [2.24, 2.45) is 0 Å². The highest BCUT2D eigenvalue weighted by atomic mass is 16.8. The average molecular weight is 381 g/mol. The Balaban J connectivity index is 1.44. The van der Waals surface area contributed by atoms with Gasteiger partial charge in [-0.1, -0.05) is 30.3 Å². The van der Waals surface area contributed by atoms with Gasteiger partial charge in [-0.3, -0.25) is 0 Å². The summed E-state index contributed by atoms with van der Waals surface area (Å²) in [6, 6.07) is 12.0. The molecule has 2 fully saturated rings. The minimum absolute atomic E-state index is 0.0649. The van der Waals surface area contributed by atoms with E-state index in [1.54, 1.807) is 0 Å². The molecule has 1 aromatic carbocycles. The highest BCUT2D eigenvalue weighted by Gasteiger charge is 2.54. The van der Waals surface area contributed by atoms with Crippen molar-refractivity contribution in [3.63, 3.8) is 0 Å². The second-order valence-corrected chi connectivity index (χ2v) is 7.71. The highest BCUT2D eigenvalue weighted by molar-refractivity contribution is 5.81. The summed E-state index contributed by atoms with van der Waals surface area (Å²) >= 11 is 0. The Bertz CT molecular complexity index is 988. The van der Waals surface area contributed by atoms with Gasteiger partial charge in [0.05, 0.1) is 11.5 Å². The molecule has 0 amide bonds. The Morgan fingerprint density at radius 2 is 1.86 bits per heavy atom. The second-order valence-electron chi connectivity index (χ2n) is 7.71. The van der Waals surface area contributed by atoms with E-state index in [9.17, 15) is 0 Å². The van der Waals surface area contributed by atoms with Crippen molar-refractivity contribution < 1.29 is 18.9 Å². The first-order valence-electron chi connectivity index (χ1n) is 9.51. The first kappa shape index (κ1) is 17.6. The van der Waals surface area contributed by atoms with Crippen molar-refractivity contribution in [1.82, 2.24) is 14.5 Å². The maximum atomic E-state index is 6.16. The summed E-state index contributed by atoms with van der Waals surface area (Å²) in [5.74, 6) is -0.0628.